The largest absolute Gasteiger partial charge is 0.192 e. The number of alkyl halides is 4. The Hall–Kier alpha value is 0.670. The Kier molecular flexibility index (Phi) is 5.35. The molecule has 0 aliphatic carbocycles. The summed E-state index contributed by atoms with van der Waals surface area (Å²) in [5.74, 6) is 0. The van der Waals surface area contributed by atoms with Gasteiger partial charge in [-0.3, -0.25) is 0 Å². The molecule has 0 aliphatic rings. The van der Waals surface area contributed by atoms with Gasteiger partial charge in [-0.1, -0.05) is 58.5 Å². The third-order valence-electron chi connectivity index (χ3n) is 1.80. The third kappa shape index (κ3) is 6.09. The van der Waals surface area contributed by atoms with Crippen LogP contribution >= 0.6 is 58.0 Å². The molecule has 0 amide bonds. The van der Waals surface area contributed by atoms with Crippen molar-refractivity contribution in [2.45, 2.75) is 22.0 Å². The summed E-state index contributed by atoms with van der Waals surface area (Å²) in [6, 6.07) is 7.48. The standard InChI is InChI=1S/C10H9Cl5/c11-8-3-1-2-7(4-8)5-9(12)6-10(13,14)15/h1-4,9H,5-6H2. The summed E-state index contributed by atoms with van der Waals surface area (Å²) >= 11 is 28.8. The first-order valence-corrected chi connectivity index (χ1v) is 6.27. The summed E-state index contributed by atoms with van der Waals surface area (Å²) in [7, 11) is 0. The Labute approximate surface area is 114 Å². The molecule has 0 aromatic heterocycles. The predicted molar refractivity (Wildman–Crippen MR) is 69.7 cm³/mol. The van der Waals surface area contributed by atoms with Crippen molar-refractivity contribution >= 4 is 58.0 Å². The molecule has 1 unspecified atom stereocenters. The lowest BCUT2D eigenvalue weighted by Gasteiger charge is -2.15. The Morgan fingerprint density at radius 3 is 2.40 bits per heavy atom. The Bertz CT molecular complexity index is 318. The molecular formula is C10H9Cl5. The summed E-state index contributed by atoms with van der Waals surface area (Å²) in [6.45, 7) is 0. The molecular weight excluding hydrogens is 297 g/mol. The van der Waals surface area contributed by atoms with E-state index in [0.29, 0.717) is 17.9 Å². The zero-order valence-electron chi connectivity index (χ0n) is 7.69. The lowest BCUT2D eigenvalue weighted by molar-refractivity contribution is 0.762. The van der Waals surface area contributed by atoms with Crippen LogP contribution in [0.5, 0.6) is 0 Å². The van der Waals surface area contributed by atoms with Crippen molar-refractivity contribution in [1.82, 2.24) is 0 Å². The monoisotopic (exact) mass is 304 g/mol. The van der Waals surface area contributed by atoms with E-state index in [4.69, 9.17) is 58.0 Å². The smallest absolute Gasteiger partial charge is 0.122 e. The molecule has 0 saturated carbocycles. The minimum Gasteiger partial charge on any atom is -0.122 e. The van der Waals surface area contributed by atoms with Crippen LogP contribution in [0.3, 0.4) is 0 Å². The van der Waals surface area contributed by atoms with Crippen LogP contribution in [-0.4, -0.2) is 9.17 Å². The van der Waals surface area contributed by atoms with Crippen molar-refractivity contribution in [2.24, 2.45) is 0 Å². The zero-order valence-corrected chi connectivity index (χ0v) is 11.5. The van der Waals surface area contributed by atoms with Crippen LogP contribution in [0.25, 0.3) is 0 Å². The number of rotatable bonds is 3. The number of hydrogen-bond donors (Lipinski definition) is 0. The molecule has 0 radical (unpaired) electrons. The molecule has 1 aromatic rings. The van der Waals surface area contributed by atoms with Crippen LogP contribution in [0.2, 0.25) is 5.02 Å². The molecule has 5 heteroatoms. The van der Waals surface area contributed by atoms with Gasteiger partial charge in [0.1, 0.15) is 0 Å². The van der Waals surface area contributed by atoms with Crippen LogP contribution in [-0.2, 0) is 6.42 Å². The average molecular weight is 306 g/mol. The fraction of sp³-hybridized carbons (Fsp3) is 0.400. The molecule has 0 N–H and O–H groups in total. The minimum atomic E-state index is -1.30. The first kappa shape index (κ1) is 13.7. The summed E-state index contributed by atoms with van der Waals surface area (Å²) in [4.78, 5) is 0. The second-order valence-electron chi connectivity index (χ2n) is 3.25. The van der Waals surface area contributed by atoms with Crippen LogP contribution in [0.4, 0.5) is 0 Å². The second kappa shape index (κ2) is 5.84. The highest BCUT2D eigenvalue weighted by Crippen LogP contribution is 2.33. The topological polar surface area (TPSA) is 0 Å². The maximum absolute atomic E-state index is 6.06. The summed E-state index contributed by atoms with van der Waals surface area (Å²) in [5, 5.41) is 0.473. The summed E-state index contributed by atoms with van der Waals surface area (Å²) < 4.78 is -1.30. The zero-order chi connectivity index (χ0) is 11.5. The lowest BCUT2D eigenvalue weighted by Crippen LogP contribution is -2.13. The molecule has 1 aromatic carbocycles. The van der Waals surface area contributed by atoms with Crippen LogP contribution in [0.15, 0.2) is 24.3 Å². The van der Waals surface area contributed by atoms with E-state index in [1.165, 1.54) is 0 Å². The maximum atomic E-state index is 6.06. The van der Waals surface area contributed by atoms with Crippen LogP contribution < -0.4 is 0 Å². The van der Waals surface area contributed by atoms with E-state index in [0.717, 1.165) is 5.56 Å². The van der Waals surface area contributed by atoms with E-state index in [-0.39, 0.29) is 5.38 Å². The molecule has 1 atom stereocenters. The molecule has 0 saturated heterocycles. The normalized spacial score (nSPS) is 13.9. The van der Waals surface area contributed by atoms with Gasteiger partial charge in [0.25, 0.3) is 0 Å². The van der Waals surface area contributed by atoms with E-state index < -0.39 is 3.79 Å². The van der Waals surface area contributed by atoms with Crippen molar-refractivity contribution in [2.75, 3.05) is 0 Å². The molecule has 0 nitrogen and oxygen atoms in total. The fourth-order valence-corrected chi connectivity index (χ4v) is 2.66. The van der Waals surface area contributed by atoms with E-state index in [2.05, 4.69) is 0 Å². The van der Waals surface area contributed by atoms with Crippen molar-refractivity contribution in [1.29, 1.82) is 0 Å². The van der Waals surface area contributed by atoms with Crippen molar-refractivity contribution < 1.29 is 0 Å². The maximum Gasteiger partial charge on any atom is 0.192 e. The van der Waals surface area contributed by atoms with Gasteiger partial charge in [0.2, 0.25) is 0 Å². The van der Waals surface area contributed by atoms with E-state index in [9.17, 15) is 0 Å². The van der Waals surface area contributed by atoms with Crippen molar-refractivity contribution in [3.05, 3.63) is 34.9 Å². The molecule has 1 rings (SSSR count). The summed E-state index contributed by atoms with van der Waals surface area (Å²) in [5.41, 5.74) is 1.04. The quantitative estimate of drug-likeness (QED) is 0.669. The number of hydrogen-bond acceptors (Lipinski definition) is 0. The molecule has 0 spiro atoms. The predicted octanol–water partition coefficient (Wildman–Crippen LogP) is 5.25. The van der Waals surface area contributed by atoms with Crippen molar-refractivity contribution in [3.63, 3.8) is 0 Å². The third-order valence-corrected chi connectivity index (χ3v) is 2.81. The first-order chi connectivity index (χ1) is 6.87. The molecule has 84 valence electrons. The lowest BCUT2D eigenvalue weighted by atomic mass is 10.1. The van der Waals surface area contributed by atoms with E-state index in [1.54, 1.807) is 0 Å². The Morgan fingerprint density at radius 2 is 1.87 bits per heavy atom. The molecule has 0 heterocycles. The molecule has 0 fully saturated rings. The molecule has 0 aliphatic heterocycles. The Balaban J connectivity index is 2.55. The second-order valence-corrected chi connectivity index (χ2v) is 6.82. The highest BCUT2D eigenvalue weighted by atomic mass is 35.6. The highest BCUT2D eigenvalue weighted by molar-refractivity contribution is 6.67. The van der Waals surface area contributed by atoms with Gasteiger partial charge in [-0.2, -0.15) is 0 Å². The average Bonchev–Trinajstić information content (AvgIpc) is 1.99. The van der Waals surface area contributed by atoms with Gasteiger partial charge < -0.3 is 0 Å². The number of benzene rings is 1. The van der Waals surface area contributed by atoms with E-state index >= 15 is 0 Å². The highest BCUT2D eigenvalue weighted by Gasteiger charge is 2.24. The molecule has 15 heavy (non-hydrogen) atoms. The van der Waals surface area contributed by atoms with Gasteiger partial charge in [-0.15, -0.1) is 11.6 Å². The minimum absolute atomic E-state index is 0.212. The van der Waals surface area contributed by atoms with Gasteiger partial charge in [-0.05, 0) is 24.1 Å². The van der Waals surface area contributed by atoms with E-state index in [1.807, 2.05) is 24.3 Å². The van der Waals surface area contributed by atoms with Crippen LogP contribution in [0, 0.1) is 0 Å². The van der Waals surface area contributed by atoms with Gasteiger partial charge >= 0.3 is 0 Å². The van der Waals surface area contributed by atoms with Crippen LogP contribution in [0.1, 0.15) is 12.0 Å². The van der Waals surface area contributed by atoms with Crippen molar-refractivity contribution in [3.8, 4) is 0 Å². The molecule has 0 bridgehead atoms. The Morgan fingerprint density at radius 1 is 1.20 bits per heavy atom. The van der Waals surface area contributed by atoms with Gasteiger partial charge in [0.05, 0.1) is 0 Å². The first-order valence-electron chi connectivity index (χ1n) is 4.32. The van der Waals surface area contributed by atoms with Gasteiger partial charge in [0, 0.05) is 16.8 Å². The van der Waals surface area contributed by atoms with Gasteiger partial charge in [0.15, 0.2) is 3.79 Å². The SMILES string of the molecule is Clc1cccc(CC(Cl)CC(Cl)(Cl)Cl)c1. The summed E-state index contributed by atoms with van der Waals surface area (Å²) in [6.07, 6.45) is 0.946. The fourth-order valence-electron chi connectivity index (χ4n) is 1.24. The van der Waals surface area contributed by atoms with Gasteiger partial charge in [-0.25, -0.2) is 0 Å². The number of halogens is 5.